The number of hydrogen-bond acceptors (Lipinski definition) is 6. The van der Waals surface area contributed by atoms with E-state index in [0.717, 1.165) is 17.7 Å². The third-order valence-corrected chi connectivity index (χ3v) is 3.26. The van der Waals surface area contributed by atoms with E-state index in [1.807, 2.05) is 31.2 Å². The van der Waals surface area contributed by atoms with Crippen molar-refractivity contribution in [3.05, 3.63) is 45.9 Å². The van der Waals surface area contributed by atoms with Crippen molar-refractivity contribution in [1.29, 1.82) is 0 Å². The first-order chi connectivity index (χ1) is 11.2. The molecule has 7 nitrogen and oxygen atoms in total. The molecule has 0 aliphatic rings. The van der Waals surface area contributed by atoms with Gasteiger partial charge in [0.15, 0.2) is 0 Å². The Hall–Kier alpha value is -2.41. The van der Waals surface area contributed by atoms with Gasteiger partial charge >= 0.3 is 0 Å². The monoisotopic (exact) mass is 318 g/mol. The number of rotatable bonds is 9. The van der Waals surface area contributed by atoms with Crippen molar-refractivity contribution in [3.8, 4) is 5.75 Å². The van der Waals surface area contributed by atoms with Crippen molar-refractivity contribution < 1.29 is 9.47 Å². The predicted molar refractivity (Wildman–Crippen MR) is 88.1 cm³/mol. The molecule has 2 rings (SSSR count). The van der Waals surface area contributed by atoms with Crippen LogP contribution >= 0.6 is 0 Å². The van der Waals surface area contributed by atoms with Gasteiger partial charge in [0, 0.05) is 26.2 Å². The fraction of sp³-hybridized carbons (Fsp3) is 0.438. The van der Waals surface area contributed by atoms with E-state index in [2.05, 4.69) is 20.5 Å². The molecule has 0 saturated heterocycles. The van der Waals surface area contributed by atoms with Gasteiger partial charge in [0.1, 0.15) is 11.4 Å². The molecular weight excluding hydrogens is 296 g/mol. The fourth-order valence-corrected chi connectivity index (χ4v) is 2.02. The number of anilines is 1. The van der Waals surface area contributed by atoms with Crippen molar-refractivity contribution in [2.24, 2.45) is 0 Å². The molecule has 0 bridgehead atoms. The number of nitrogens with one attached hydrogen (secondary N) is 2. The normalized spacial score (nSPS) is 10.5. The molecule has 2 aromatic rings. The zero-order chi connectivity index (χ0) is 16.5. The largest absolute Gasteiger partial charge is 0.497 e. The van der Waals surface area contributed by atoms with Crippen LogP contribution in [0.4, 0.5) is 5.95 Å². The topological polar surface area (TPSA) is 89.1 Å². The van der Waals surface area contributed by atoms with Crippen LogP contribution in [0.5, 0.6) is 5.75 Å². The van der Waals surface area contributed by atoms with E-state index in [0.29, 0.717) is 37.8 Å². The molecule has 0 saturated carbocycles. The minimum atomic E-state index is -0.233. The Morgan fingerprint density at radius 1 is 1.22 bits per heavy atom. The molecule has 124 valence electrons. The molecule has 1 heterocycles. The van der Waals surface area contributed by atoms with Crippen molar-refractivity contribution in [2.75, 3.05) is 32.2 Å². The van der Waals surface area contributed by atoms with E-state index < -0.39 is 0 Å². The van der Waals surface area contributed by atoms with Crippen LogP contribution in [0.2, 0.25) is 0 Å². The number of aromatic amines is 1. The summed E-state index contributed by atoms with van der Waals surface area (Å²) in [5, 5.41) is 11.0. The van der Waals surface area contributed by atoms with Gasteiger partial charge in [-0.15, -0.1) is 10.2 Å². The summed E-state index contributed by atoms with van der Waals surface area (Å²) in [4.78, 5) is 14.8. The first-order valence-corrected chi connectivity index (χ1v) is 7.63. The number of nitrogens with zero attached hydrogens (tertiary/aromatic N) is 2. The smallest absolute Gasteiger partial charge is 0.274 e. The van der Waals surface area contributed by atoms with E-state index in [-0.39, 0.29) is 5.56 Å². The number of aromatic nitrogens is 3. The van der Waals surface area contributed by atoms with Crippen LogP contribution < -0.4 is 15.6 Å². The summed E-state index contributed by atoms with van der Waals surface area (Å²) in [6.45, 7) is 4.01. The summed E-state index contributed by atoms with van der Waals surface area (Å²) in [6, 6.07) is 7.51. The predicted octanol–water partition coefficient (Wildman–Crippen LogP) is 1.60. The zero-order valence-corrected chi connectivity index (χ0v) is 13.5. The standard InChI is InChI=1S/C16H22N4O3/c1-3-23-10-4-9-17-16-18-15(21)14(19-20-16)11-12-5-7-13(22-2)8-6-12/h5-8H,3-4,9-11H2,1-2H3,(H2,17,18,20,21). The minimum Gasteiger partial charge on any atom is -0.497 e. The van der Waals surface area contributed by atoms with E-state index >= 15 is 0 Å². The number of hydrogen-bond donors (Lipinski definition) is 2. The van der Waals surface area contributed by atoms with Crippen LogP contribution in [0.15, 0.2) is 29.1 Å². The second-order valence-electron chi connectivity index (χ2n) is 4.95. The van der Waals surface area contributed by atoms with Crippen LogP contribution in [0.3, 0.4) is 0 Å². The summed E-state index contributed by atoms with van der Waals surface area (Å²) in [6.07, 6.45) is 1.27. The van der Waals surface area contributed by atoms with Gasteiger partial charge in [-0.3, -0.25) is 9.78 Å². The average Bonchev–Trinajstić information content (AvgIpc) is 2.57. The molecular formula is C16H22N4O3. The molecule has 0 radical (unpaired) electrons. The molecule has 0 spiro atoms. The maximum absolute atomic E-state index is 12.1. The molecule has 23 heavy (non-hydrogen) atoms. The zero-order valence-electron chi connectivity index (χ0n) is 13.5. The summed E-state index contributed by atoms with van der Waals surface area (Å²) in [5.41, 5.74) is 1.13. The number of benzene rings is 1. The van der Waals surface area contributed by atoms with E-state index in [1.165, 1.54) is 0 Å². The lowest BCUT2D eigenvalue weighted by Crippen LogP contribution is -2.20. The first kappa shape index (κ1) is 17.0. The van der Waals surface area contributed by atoms with Gasteiger partial charge in [-0.05, 0) is 31.0 Å². The van der Waals surface area contributed by atoms with Gasteiger partial charge in [-0.2, -0.15) is 0 Å². The Morgan fingerprint density at radius 3 is 2.65 bits per heavy atom. The lowest BCUT2D eigenvalue weighted by molar-refractivity contribution is 0.147. The van der Waals surface area contributed by atoms with Crippen LogP contribution in [0, 0.1) is 0 Å². The highest BCUT2D eigenvalue weighted by Gasteiger charge is 2.06. The summed E-state index contributed by atoms with van der Waals surface area (Å²) < 4.78 is 10.3. The lowest BCUT2D eigenvalue weighted by Gasteiger charge is -2.06. The van der Waals surface area contributed by atoms with Crippen LogP contribution in [0.25, 0.3) is 0 Å². The Morgan fingerprint density at radius 2 is 2.00 bits per heavy atom. The number of methoxy groups -OCH3 is 1. The third-order valence-electron chi connectivity index (χ3n) is 3.26. The average molecular weight is 318 g/mol. The van der Waals surface area contributed by atoms with Crippen molar-refractivity contribution in [2.45, 2.75) is 19.8 Å². The van der Waals surface area contributed by atoms with Crippen LogP contribution in [-0.2, 0) is 11.2 Å². The Balaban J connectivity index is 1.92. The Labute approximate surface area is 135 Å². The van der Waals surface area contributed by atoms with E-state index in [1.54, 1.807) is 7.11 Å². The second kappa shape index (κ2) is 8.89. The summed E-state index contributed by atoms with van der Waals surface area (Å²) in [7, 11) is 1.62. The highest BCUT2D eigenvalue weighted by Crippen LogP contribution is 2.12. The molecule has 1 aromatic carbocycles. The fourth-order valence-electron chi connectivity index (χ4n) is 2.02. The van der Waals surface area contributed by atoms with Gasteiger partial charge in [0.2, 0.25) is 5.95 Å². The van der Waals surface area contributed by atoms with E-state index in [9.17, 15) is 4.79 Å². The van der Waals surface area contributed by atoms with Gasteiger partial charge < -0.3 is 14.8 Å². The number of ether oxygens (including phenoxy) is 2. The highest BCUT2D eigenvalue weighted by molar-refractivity contribution is 5.30. The summed E-state index contributed by atoms with van der Waals surface area (Å²) in [5.74, 6) is 1.16. The van der Waals surface area contributed by atoms with Gasteiger partial charge in [0.05, 0.1) is 7.11 Å². The van der Waals surface area contributed by atoms with Crippen molar-refractivity contribution >= 4 is 5.95 Å². The van der Waals surface area contributed by atoms with Gasteiger partial charge in [-0.25, -0.2) is 0 Å². The molecule has 0 atom stereocenters. The maximum atomic E-state index is 12.1. The molecule has 0 fully saturated rings. The van der Waals surface area contributed by atoms with E-state index in [4.69, 9.17) is 9.47 Å². The molecule has 7 heteroatoms. The molecule has 2 N–H and O–H groups in total. The maximum Gasteiger partial charge on any atom is 0.274 e. The number of H-pyrrole nitrogens is 1. The van der Waals surface area contributed by atoms with Gasteiger partial charge in [0.25, 0.3) is 5.56 Å². The second-order valence-corrected chi connectivity index (χ2v) is 4.95. The quantitative estimate of drug-likeness (QED) is 0.683. The lowest BCUT2D eigenvalue weighted by atomic mass is 10.1. The molecule has 0 aliphatic heterocycles. The highest BCUT2D eigenvalue weighted by atomic mass is 16.5. The Kier molecular flexibility index (Phi) is 6.56. The van der Waals surface area contributed by atoms with Crippen LogP contribution in [-0.4, -0.2) is 42.0 Å². The van der Waals surface area contributed by atoms with Gasteiger partial charge in [-0.1, -0.05) is 12.1 Å². The summed E-state index contributed by atoms with van der Waals surface area (Å²) >= 11 is 0. The Bertz CT molecular complexity index is 655. The molecule has 0 unspecified atom stereocenters. The van der Waals surface area contributed by atoms with Crippen molar-refractivity contribution in [1.82, 2.24) is 15.2 Å². The molecule has 1 aromatic heterocycles. The molecule has 0 aliphatic carbocycles. The molecule has 0 amide bonds. The SMILES string of the molecule is CCOCCCNc1nnc(Cc2ccc(OC)cc2)c(=O)[nH]1. The third kappa shape index (κ3) is 5.37. The first-order valence-electron chi connectivity index (χ1n) is 7.63. The van der Waals surface area contributed by atoms with Crippen LogP contribution in [0.1, 0.15) is 24.6 Å². The minimum absolute atomic E-state index is 0.233. The van der Waals surface area contributed by atoms with Crippen molar-refractivity contribution in [3.63, 3.8) is 0 Å².